The van der Waals surface area contributed by atoms with Crippen LogP contribution in [0.15, 0.2) is 42.5 Å². The molecular formula is C23H28ClN3O3S. The third-order valence-corrected chi connectivity index (χ3v) is 5.91. The van der Waals surface area contributed by atoms with Gasteiger partial charge < -0.3 is 14.4 Å². The van der Waals surface area contributed by atoms with E-state index in [2.05, 4.69) is 0 Å². The number of likely N-dealkylation sites (N-methyl/N-ethyl adjacent to an activating group) is 1. The van der Waals surface area contributed by atoms with Gasteiger partial charge >= 0.3 is 0 Å². The molecule has 0 aliphatic rings. The number of nitrogens with zero attached hydrogens (tertiary/aromatic N) is 3. The number of aromatic nitrogens is 1. The molecule has 3 rings (SSSR count). The lowest BCUT2D eigenvalue weighted by Crippen LogP contribution is -2.50. The van der Waals surface area contributed by atoms with E-state index in [1.807, 2.05) is 44.1 Å². The first-order chi connectivity index (χ1) is 14.7. The summed E-state index contributed by atoms with van der Waals surface area (Å²) in [6.07, 6.45) is 0. The van der Waals surface area contributed by atoms with E-state index in [4.69, 9.17) is 26.1 Å². The number of fused-ring (bicyclic) bond motifs is 1. The standard InChI is InChI=1S/C23H28ClN3O3S/c1-6-29-18-8-7-9-19-20(18)25-22(31-19)27(15-14-26(4)5)21(28)23(2,3)30-17-12-10-16(24)11-13-17/h7-13H,6,14-15H2,1-5H3. The molecule has 1 aromatic heterocycles. The van der Waals surface area contributed by atoms with Crippen LogP contribution in [0, 0.1) is 0 Å². The predicted octanol–water partition coefficient (Wildman–Crippen LogP) is 5.10. The van der Waals surface area contributed by atoms with Crippen LogP contribution in [-0.2, 0) is 4.79 Å². The Kier molecular flexibility index (Phi) is 7.41. The summed E-state index contributed by atoms with van der Waals surface area (Å²) >= 11 is 7.44. The van der Waals surface area contributed by atoms with E-state index in [0.29, 0.717) is 35.6 Å². The molecule has 2 aromatic carbocycles. The van der Waals surface area contributed by atoms with Crippen LogP contribution in [0.1, 0.15) is 20.8 Å². The van der Waals surface area contributed by atoms with Crippen molar-refractivity contribution in [1.82, 2.24) is 9.88 Å². The van der Waals surface area contributed by atoms with Gasteiger partial charge in [0.05, 0.1) is 11.3 Å². The maximum Gasteiger partial charge on any atom is 0.272 e. The quantitative estimate of drug-likeness (QED) is 0.443. The second-order valence-electron chi connectivity index (χ2n) is 7.86. The second-order valence-corrected chi connectivity index (χ2v) is 9.30. The van der Waals surface area contributed by atoms with Crippen LogP contribution in [0.2, 0.25) is 5.02 Å². The molecule has 0 N–H and O–H groups in total. The maximum absolute atomic E-state index is 13.6. The first kappa shape index (κ1) is 23.3. The lowest BCUT2D eigenvalue weighted by Gasteiger charge is -2.31. The number of benzene rings is 2. The highest BCUT2D eigenvalue weighted by Crippen LogP contribution is 2.35. The summed E-state index contributed by atoms with van der Waals surface area (Å²) in [5.41, 5.74) is -0.329. The molecule has 0 spiro atoms. The fourth-order valence-corrected chi connectivity index (χ4v) is 4.18. The van der Waals surface area contributed by atoms with Crippen LogP contribution in [0.5, 0.6) is 11.5 Å². The Bertz CT molecular complexity index is 1030. The summed E-state index contributed by atoms with van der Waals surface area (Å²) in [7, 11) is 3.95. The lowest BCUT2D eigenvalue weighted by molar-refractivity contribution is -0.131. The van der Waals surface area contributed by atoms with Crippen molar-refractivity contribution < 1.29 is 14.3 Å². The van der Waals surface area contributed by atoms with Crippen molar-refractivity contribution in [2.75, 3.05) is 38.7 Å². The molecule has 8 heteroatoms. The van der Waals surface area contributed by atoms with Gasteiger partial charge in [-0.1, -0.05) is 29.0 Å². The van der Waals surface area contributed by atoms with Crippen molar-refractivity contribution in [3.63, 3.8) is 0 Å². The summed E-state index contributed by atoms with van der Waals surface area (Å²) < 4.78 is 12.7. The summed E-state index contributed by atoms with van der Waals surface area (Å²) in [6, 6.07) is 12.8. The van der Waals surface area contributed by atoms with Crippen molar-refractivity contribution in [2.45, 2.75) is 26.4 Å². The van der Waals surface area contributed by atoms with Gasteiger partial charge in [0.2, 0.25) is 0 Å². The van der Waals surface area contributed by atoms with Crippen LogP contribution >= 0.6 is 22.9 Å². The van der Waals surface area contributed by atoms with E-state index in [1.54, 1.807) is 43.0 Å². The van der Waals surface area contributed by atoms with E-state index in [-0.39, 0.29) is 5.91 Å². The molecule has 3 aromatic rings. The number of ether oxygens (including phenoxy) is 2. The van der Waals surface area contributed by atoms with Crippen LogP contribution in [0.4, 0.5) is 5.13 Å². The van der Waals surface area contributed by atoms with Crippen molar-refractivity contribution in [2.24, 2.45) is 0 Å². The van der Waals surface area contributed by atoms with Crippen molar-refractivity contribution in [3.8, 4) is 11.5 Å². The first-order valence-corrected chi connectivity index (χ1v) is 11.3. The minimum Gasteiger partial charge on any atom is -0.492 e. The topological polar surface area (TPSA) is 54.9 Å². The number of amides is 1. The summed E-state index contributed by atoms with van der Waals surface area (Å²) in [5.74, 6) is 1.14. The van der Waals surface area contributed by atoms with Gasteiger partial charge in [0.25, 0.3) is 5.91 Å². The average molecular weight is 462 g/mol. The number of carbonyl (C=O) groups excluding carboxylic acids is 1. The Hall–Kier alpha value is -2.35. The highest BCUT2D eigenvalue weighted by atomic mass is 35.5. The summed E-state index contributed by atoms with van der Waals surface area (Å²) in [4.78, 5) is 22.1. The van der Waals surface area contributed by atoms with Gasteiger partial charge in [-0.25, -0.2) is 4.98 Å². The summed E-state index contributed by atoms with van der Waals surface area (Å²) in [6.45, 7) is 7.21. The van der Waals surface area contributed by atoms with Crippen molar-refractivity contribution in [1.29, 1.82) is 0 Å². The van der Waals surface area contributed by atoms with Crippen LogP contribution in [0.25, 0.3) is 10.2 Å². The highest BCUT2D eigenvalue weighted by molar-refractivity contribution is 7.22. The van der Waals surface area contributed by atoms with Gasteiger partial charge in [-0.15, -0.1) is 0 Å². The van der Waals surface area contributed by atoms with Gasteiger partial charge in [-0.3, -0.25) is 9.69 Å². The van der Waals surface area contributed by atoms with E-state index >= 15 is 0 Å². The number of hydrogen-bond acceptors (Lipinski definition) is 6. The lowest BCUT2D eigenvalue weighted by atomic mass is 10.1. The number of carbonyl (C=O) groups is 1. The van der Waals surface area contributed by atoms with Gasteiger partial charge in [-0.2, -0.15) is 0 Å². The van der Waals surface area contributed by atoms with Gasteiger partial charge in [-0.05, 0) is 71.3 Å². The SMILES string of the molecule is CCOc1cccc2sc(N(CCN(C)C)C(=O)C(C)(C)Oc3ccc(Cl)cc3)nc12. The fourth-order valence-electron chi connectivity index (χ4n) is 3.05. The highest BCUT2D eigenvalue weighted by Gasteiger charge is 2.36. The molecule has 0 saturated carbocycles. The van der Waals surface area contributed by atoms with Gasteiger partial charge in [0.15, 0.2) is 10.7 Å². The third kappa shape index (κ3) is 5.67. The van der Waals surface area contributed by atoms with E-state index in [1.165, 1.54) is 11.3 Å². The Morgan fingerprint density at radius 3 is 2.48 bits per heavy atom. The average Bonchev–Trinajstić information content (AvgIpc) is 3.14. The number of anilines is 1. The molecule has 1 heterocycles. The normalized spacial score (nSPS) is 11.7. The minimum absolute atomic E-state index is 0.165. The largest absolute Gasteiger partial charge is 0.492 e. The zero-order valence-corrected chi connectivity index (χ0v) is 20.1. The van der Waals surface area contributed by atoms with Crippen molar-refractivity contribution >= 4 is 44.2 Å². The third-order valence-electron chi connectivity index (χ3n) is 4.62. The molecule has 166 valence electrons. The molecule has 0 aliphatic heterocycles. The Morgan fingerprint density at radius 1 is 1.13 bits per heavy atom. The zero-order chi connectivity index (χ0) is 22.6. The van der Waals surface area contributed by atoms with Crippen LogP contribution < -0.4 is 14.4 Å². The molecule has 0 unspecified atom stereocenters. The number of rotatable bonds is 9. The molecule has 0 aliphatic carbocycles. The summed E-state index contributed by atoms with van der Waals surface area (Å²) in [5, 5.41) is 1.24. The number of hydrogen-bond donors (Lipinski definition) is 0. The number of halogens is 1. The smallest absolute Gasteiger partial charge is 0.272 e. The molecule has 6 nitrogen and oxygen atoms in total. The van der Waals surface area contributed by atoms with E-state index < -0.39 is 5.60 Å². The number of para-hydroxylation sites is 1. The van der Waals surface area contributed by atoms with E-state index in [0.717, 1.165) is 16.0 Å². The molecule has 31 heavy (non-hydrogen) atoms. The minimum atomic E-state index is -1.10. The Morgan fingerprint density at radius 2 is 1.84 bits per heavy atom. The molecule has 0 atom stereocenters. The number of thiazole rings is 1. The monoisotopic (exact) mass is 461 g/mol. The molecule has 0 saturated heterocycles. The second kappa shape index (κ2) is 9.85. The molecule has 0 bridgehead atoms. The Labute approximate surface area is 192 Å². The maximum atomic E-state index is 13.6. The molecule has 0 fully saturated rings. The first-order valence-electron chi connectivity index (χ1n) is 10.1. The van der Waals surface area contributed by atoms with Crippen molar-refractivity contribution in [3.05, 3.63) is 47.5 Å². The Balaban J connectivity index is 1.94. The molecular weight excluding hydrogens is 434 g/mol. The molecule has 1 amide bonds. The van der Waals surface area contributed by atoms with Gasteiger partial charge in [0, 0.05) is 18.1 Å². The zero-order valence-electron chi connectivity index (χ0n) is 18.5. The molecule has 0 radical (unpaired) electrons. The predicted molar refractivity (Wildman–Crippen MR) is 128 cm³/mol. The fraction of sp³-hybridized carbons (Fsp3) is 0.391. The van der Waals surface area contributed by atoms with Crippen LogP contribution in [-0.4, -0.2) is 55.2 Å². The van der Waals surface area contributed by atoms with Gasteiger partial charge in [0.1, 0.15) is 17.0 Å². The van der Waals surface area contributed by atoms with E-state index in [9.17, 15) is 4.79 Å². The van der Waals surface area contributed by atoms with Crippen LogP contribution in [0.3, 0.4) is 0 Å².